The Morgan fingerprint density at radius 2 is 1.93 bits per heavy atom. The summed E-state index contributed by atoms with van der Waals surface area (Å²) in [5.74, 6) is -0.0299. The smallest absolute Gasteiger partial charge is 0.260 e. The van der Waals surface area contributed by atoms with Crippen LogP contribution >= 0.6 is 22.9 Å². The highest BCUT2D eigenvalue weighted by atomic mass is 35.5. The first kappa shape index (κ1) is 19.3. The number of carbonyl (C=O) groups is 1. The molecular weight excluding hydrogens is 394 g/mol. The minimum absolute atomic E-state index is 0.0299. The highest BCUT2D eigenvalue weighted by molar-refractivity contribution is 7.22. The Morgan fingerprint density at radius 1 is 1.14 bits per heavy atom. The fourth-order valence-corrected chi connectivity index (χ4v) is 4.61. The molecule has 0 unspecified atom stereocenters. The number of hydrogen-bond acceptors (Lipinski definition) is 5. The van der Waals surface area contributed by atoms with Crippen LogP contribution in [0.15, 0.2) is 48.5 Å². The Balaban J connectivity index is 1.56. The van der Waals surface area contributed by atoms with E-state index in [0.29, 0.717) is 22.3 Å². The lowest BCUT2D eigenvalue weighted by atomic mass is 10.2. The fourth-order valence-electron chi connectivity index (χ4n) is 3.32. The van der Waals surface area contributed by atoms with Gasteiger partial charge in [-0.2, -0.15) is 0 Å². The summed E-state index contributed by atoms with van der Waals surface area (Å²) >= 11 is 7.80. The van der Waals surface area contributed by atoms with Gasteiger partial charge >= 0.3 is 0 Å². The van der Waals surface area contributed by atoms with Crippen molar-refractivity contribution in [2.24, 2.45) is 0 Å². The summed E-state index contributed by atoms with van der Waals surface area (Å²) in [4.78, 5) is 22.1. The summed E-state index contributed by atoms with van der Waals surface area (Å²) in [6.07, 6.45) is 0.877. The van der Waals surface area contributed by atoms with Crippen molar-refractivity contribution >= 4 is 44.2 Å². The molecule has 0 saturated carbocycles. The first-order valence-electron chi connectivity index (χ1n) is 9.44. The molecule has 0 bridgehead atoms. The van der Waals surface area contributed by atoms with Gasteiger partial charge in [0, 0.05) is 31.7 Å². The molecule has 7 heteroatoms. The summed E-state index contributed by atoms with van der Waals surface area (Å²) < 4.78 is 6.40. The normalized spacial score (nSPS) is 15.0. The standard InChI is InChI=1S/C21H22ClN3O2S/c22-17-8-4-9-18-19(17)23-21(28-18)25(20(26)16-6-2-1-3-7-16)11-5-10-24-12-14-27-15-13-24/h1-4,6-9H,5,10-15H2. The van der Waals surface area contributed by atoms with E-state index in [1.54, 1.807) is 4.90 Å². The number of aromatic nitrogens is 1. The number of amides is 1. The van der Waals surface area contributed by atoms with E-state index in [-0.39, 0.29) is 5.91 Å². The van der Waals surface area contributed by atoms with Crippen LogP contribution in [0.25, 0.3) is 10.2 Å². The van der Waals surface area contributed by atoms with Gasteiger partial charge in [0.2, 0.25) is 0 Å². The molecule has 1 aliphatic rings. The second kappa shape index (κ2) is 9.01. The highest BCUT2D eigenvalue weighted by Crippen LogP contribution is 2.33. The zero-order chi connectivity index (χ0) is 19.3. The molecule has 0 N–H and O–H groups in total. The lowest BCUT2D eigenvalue weighted by Gasteiger charge is -2.27. The molecule has 1 amide bonds. The van der Waals surface area contributed by atoms with Crippen molar-refractivity contribution < 1.29 is 9.53 Å². The maximum Gasteiger partial charge on any atom is 0.260 e. The third kappa shape index (κ3) is 4.36. The minimum Gasteiger partial charge on any atom is -0.379 e. The quantitative estimate of drug-likeness (QED) is 0.601. The van der Waals surface area contributed by atoms with Crippen LogP contribution in [-0.4, -0.2) is 55.2 Å². The summed E-state index contributed by atoms with van der Waals surface area (Å²) in [6, 6.07) is 15.1. The van der Waals surface area contributed by atoms with Crippen molar-refractivity contribution in [3.8, 4) is 0 Å². The number of halogens is 1. The van der Waals surface area contributed by atoms with Crippen LogP contribution in [0, 0.1) is 0 Å². The highest BCUT2D eigenvalue weighted by Gasteiger charge is 2.22. The number of benzene rings is 2. The Kier molecular flexibility index (Phi) is 6.22. The molecule has 3 aromatic rings. The minimum atomic E-state index is -0.0299. The molecule has 0 atom stereocenters. The summed E-state index contributed by atoms with van der Waals surface area (Å²) in [6.45, 7) is 5.01. The lowest BCUT2D eigenvalue weighted by molar-refractivity contribution is 0.0376. The molecule has 146 valence electrons. The third-order valence-electron chi connectivity index (χ3n) is 4.82. The summed E-state index contributed by atoms with van der Waals surface area (Å²) in [5, 5.41) is 1.30. The molecule has 4 rings (SSSR count). The predicted octanol–water partition coefficient (Wildman–Crippen LogP) is 4.32. The van der Waals surface area contributed by atoms with E-state index in [0.717, 1.165) is 49.5 Å². The zero-order valence-electron chi connectivity index (χ0n) is 15.5. The second-order valence-electron chi connectivity index (χ2n) is 6.71. The van der Waals surface area contributed by atoms with Crippen molar-refractivity contribution in [3.05, 3.63) is 59.1 Å². The number of para-hydroxylation sites is 1. The monoisotopic (exact) mass is 415 g/mol. The van der Waals surface area contributed by atoms with Crippen molar-refractivity contribution in [1.82, 2.24) is 9.88 Å². The van der Waals surface area contributed by atoms with E-state index in [9.17, 15) is 4.79 Å². The zero-order valence-corrected chi connectivity index (χ0v) is 17.1. The molecule has 0 radical (unpaired) electrons. The molecule has 28 heavy (non-hydrogen) atoms. The van der Waals surface area contributed by atoms with E-state index in [2.05, 4.69) is 9.88 Å². The number of thiazole rings is 1. The Hall–Kier alpha value is -1.99. The van der Waals surface area contributed by atoms with Crippen LogP contribution in [0.3, 0.4) is 0 Å². The van der Waals surface area contributed by atoms with Crippen molar-refractivity contribution in [3.63, 3.8) is 0 Å². The van der Waals surface area contributed by atoms with E-state index >= 15 is 0 Å². The van der Waals surface area contributed by atoms with Crippen LogP contribution in [0.1, 0.15) is 16.8 Å². The number of hydrogen-bond donors (Lipinski definition) is 0. The number of ether oxygens (including phenoxy) is 1. The van der Waals surface area contributed by atoms with Gasteiger partial charge in [0.1, 0.15) is 5.52 Å². The number of fused-ring (bicyclic) bond motifs is 1. The maximum atomic E-state index is 13.2. The summed E-state index contributed by atoms with van der Waals surface area (Å²) in [7, 11) is 0. The van der Waals surface area contributed by atoms with Crippen molar-refractivity contribution in [2.75, 3.05) is 44.3 Å². The molecule has 1 fully saturated rings. The van der Waals surface area contributed by atoms with Crippen molar-refractivity contribution in [1.29, 1.82) is 0 Å². The number of morpholine rings is 1. The molecule has 1 saturated heterocycles. The van der Waals surface area contributed by atoms with Gasteiger partial charge in [-0.1, -0.05) is 47.2 Å². The van der Waals surface area contributed by atoms with Gasteiger partial charge in [0.15, 0.2) is 5.13 Å². The molecule has 0 aliphatic carbocycles. The summed E-state index contributed by atoms with van der Waals surface area (Å²) in [5.41, 5.74) is 1.42. The Morgan fingerprint density at radius 3 is 2.68 bits per heavy atom. The number of nitrogens with zero attached hydrogens (tertiary/aromatic N) is 3. The number of rotatable bonds is 6. The molecule has 0 spiro atoms. The van der Waals surface area contributed by atoms with Gasteiger partial charge in [-0.3, -0.25) is 14.6 Å². The van der Waals surface area contributed by atoms with Gasteiger partial charge in [-0.05, 0) is 30.7 Å². The first-order valence-corrected chi connectivity index (χ1v) is 10.6. The van der Waals surface area contributed by atoms with Crippen LogP contribution in [0.2, 0.25) is 5.02 Å². The van der Waals surface area contributed by atoms with Crippen LogP contribution < -0.4 is 4.90 Å². The van der Waals surface area contributed by atoms with Crippen LogP contribution in [0.4, 0.5) is 5.13 Å². The van der Waals surface area contributed by atoms with Gasteiger partial charge in [0.05, 0.1) is 22.9 Å². The molecule has 2 heterocycles. The Labute approximate surface area is 173 Å². The van der Waals surface area contributed by atoms with Crippen molar-refractivity contribution in [2.45, 2.75) is 6.42 Å². The van der Waals surface area contributed by atoms with Gasteiger partial charge < -0.3 is 4.74 Å². The van der Waals surface area contributed by atoms with Gasteiger partial charge in [-0.15, -0.1) is 0 Å². The van der Waals surface area contributed by atoms with E-state index in [4.69, 9.17) is 16.3 Å². The molecule has 1 aromatic heterocycles. The largest absolute Gasteiger partial charge is 0.379 e. The molecule has 1 aliphatic heterocycles. The van der Waals surface area contributed by atoms with Gasteiger partial charge in [0.25, 0.3) is 5.91 Å². The Bertz CT molecular complexity index is 941. The molecule has 2 aromatic carbocycles. The molecular formula is C21H22ClN3O2S. The topological polar surface area (TPSA) is 45.7 Å². The third-order valence-corrected chi connectivity index (χ3v) is 6.16. The average Bonchev–Trinajstić information content (AvgIpc) is 3.17. The fraction of sp³-hybridized carbons (Fsp3) is 0.333. The maximum absolute atomic E-state index is 13.2. The number of anilines is 1. The van der Waals surface area contributed by atoms with Crippen LogP contribution in [-0.2, 0) is 4.74 Å². The molecule has 5 nitrogen and oxygen atoms in total. The number of carbonyl (C=O) groups excluding carboxylic acids is 1. The predicted molar refractivity (Wildman–Crippen MR) is 115 cm³/mol. The van der Waals surface area contributed by atoms with E-state index in [1.807, 2.05) is 48.5 Å². The average molecular weight is 416 g/mol. The second-order valence-corrected chi connectivity index (χ2v) is 8.13. The van der Waals surface area contributed by atoms with E-state index < -0.39 is 0 Å². The first-order chi connectivity index (χ1) is 13.7. The van der Waals surface area contributed by atoms with Crippen LogP contribution in [0.5, 0.6) is 0 Å². The van der Waals surface area contributed by atoms with E-state index in [1.165, 1.54) is 11.3 Å². The SMILES string of the molecule is O=C(c1ccccc1)N(CCCN1CCOCC1)c1nc2c(Cl)cccc2s1. The lowest BCUT2D eigenvalue weighted by Crippen LogP contribution is -2.39. The van der Waals surface area contributed by atoms with Gasteiger partial charge in [-0.25, -0.2) is 4.98 Å².